The Labute approximate surface area is 76.6 Å². The summed E-state index contributed by atoms with van der Waals surface area (Å²) in [6.07, 6.45) is 2.95. The number of benzene rings is 1. The van der Waals surface area contributed by atoms with Gasteiger partial charge in [-0.05, 0) is 12.1 Å². The molecule has 2 aliphatic rings. The molecule has 0 radical (unpaired) electrons. The SMILES string of the molecule is C1=NN2c3ccccc3OCC2C1. The van der Waals surface area contributed by atoms with E-state index in [9.17, 15) is 0 Å². The smallest absolute Gasteiger partial charge is 0.144 e. The third kappa shape index (κ3) is 0.932. The minimum atomic E-state index is 0.412. The van der Waals surface area contributed by atoms with Gasteiger partial charge in [-0.3, -0.25) is 5.01 Å². The summed E-state index contributed by atoms with van der Waals surface area (Å²) in [6, 6.07) is 8.44. The summed E-state index contributed by atoms with van der Waals surface area (Å²) >= 11 is 0. The topological polar surface area (TPSA) is 24.8 Å². The highest BCUT2D eigenvalue weighted by atomic mass is 16.5. The van der Waals surface area contributed by atoms with Crippen LogP contribution < -0.4 is 9.75 Å². The molecule has 2 aliphatic heterocycles. The summed E-state index contributed by atoms with van der Waals surface area (Å²) < 4.78 is 5.62. The van der Waals surface area contributed by atoms with E-state index in [-0.39, 0.29) is 0 Å². The van der Waals surface area contributed by atoms with Crippen molar-refractivity contribution in [3.8, 4) is 5.75 Å². The summed E-state index contributed by atoms with van der Waals surface area (Å²) in [4.78, 5) is 0. The van der Waals surface area contributed by atoms with Crippen molar-refractivity contribution in [2.24, 2.45) is 5.10 Å². The molecule has 0 N–H and O–H groups in total. The summed E-state index contributed by atoms with van der Waals surface area (Å²) in [7, 11) is 0. The van der Waals surface area contributed by atoms with Crippen molar-refractivity contribution in [3.63, 3.8) is 0 Å². The molecule has 2 heterocycles. The highest BCUT2D eigenvalue weighted by Gasteiger charge is 2.29. The van der Waals surface area contributed by atoms with E-state index in [0.29, 0.717) is 6.04 Å². The Morgan fingerprint density at radius 1 is 1.38 bits per heavy atom. The molecule has 0 saturated carbocycles. The number of hydrogen-bond donors (Lipinski definition) is 0. The van der Waals surface area contributed by atoms with Crippen molar-refractivity contribution >= 4 is 11.9 Å². The number of para-hydroxylation sites is 2. The molecule has 0 fully saturated rings. The number of rotatable bonds is 0. The lowest BCUT2D eigenvalue weighted by atomic mass is 10.2. The van der Waals surface area contributed by atoms with E-state index < -0.39 is 0 Å². The van der Waals surface area contributed by atoms with Crippen LogP contribution in [0.15, 0.2) is 29.4 Å². The maximum atomic E-state index is 5.62. The second-order valence-corrected chi connectivity index (χ2v) is 3.31. The molecular formula is C10H10N2O. The molecular weight excluding hydrogens is 164 g/mol. The minimum absolute atomic E-state index is 0.412. The molecule has 0 saturated heterocycles. The lowest BCUT2D eigenvalue weighted by Gasteiger charge is -2.30. The van der Waals surface area contributed by atoms with E-state index in [0.717, 1.165) is 24.5 Å². The molecule has 13 heavy (non-hydrogen) atoms. The monoisotopic (exact) mass is 174 g/mol. The molecule has 0 amide bonds. The van der Waals surface area contributed by atoms with Crippen molar-refractivity contribution in [1.82, 2.24) is 0 Å². The van der Waals surface area contributed by atoms with Crippen LogP contribution in [0.2, 0.25) is 0 Å². The van der Waals surface area contributed by atoms with Crippen LogP contribution in [0.4, 0.5) is 5.69 Å². The van der Waals surface area contributed by atoms with Gasteiger partial charge in [-0.1, -0.05) is 12.1 Å². The van der Waals surface area contributed by atoms with Gasteiger partial charge in [-0.25, -0.2) is 0 Å². The molecule has 66 valence electrons. The van der Waals surface area contributed by atoms with Crippen LogP contribution in [-0.2, 0) is 0 Å². The molecule has 1 aromatic carbocycles. The van der Waals surface area contributed by atoms with Gasteiger partial charge >= 0.3 is 0 Å². The van der Waals surface area contributed by atoms with E-state index in [1.165, 1.54) is 0 Å². The van der Waals surface area contributed by atoms with Crippen molar-refractivity contribution in [2.75, 3.05) is 11.6 Å². The van der Waals surface area contributed by atoms with Crippen LogP contribution in [0.1, 0.15) is 6.42 Å². The van der Waals surface area contributed by atoms with Gasteiger partial charge in [0.2, 0.25) is 0 Å². The molecule has 1 unspecified atom stereocenters. The maximum absolute atomic E-state index is 5.62. The molecule has 0 aliphatic carbocycles. The first-order chi connectivity index (χ1) is 6.45. The Bertz CT molecular complexity index is 362. The van der Waals surface area contributed by atoms with E-state index in [4.69, 9.17) is 4.74 Å². The normalized spacial score (nSPS) is 23.7. The number of hydrogen-bond acceptors (Lipinski definition) is 3. The van der Waals surface area contributed by atoms with Gasteiger partial charge in [0.1, 0.15) is 18.0 Å². The predicted molar refractivity (Wildman–Crippen MR) is 51.3 cm³/mol. The first-order valence-corrected chi connectivity index (χ1v) is 4.48. The Hall–Kier alpha value is -1.51. The molecule has 3 rings (SSSR count). The zero-order chi connectivity index (χ0) is 8.67. The van der Waals surface area contributed by atoms with Crippen molar-refractivity contribution in [3.05, 3.63) is 24.3 Å². The quantitative estimate of drug-likeness (QED) is 0.597. The van der Waals surface area contributed by atoms with Gasteiger partial charge in [-0.15, -0.1) is 0 Å². The summed E-state index contributed by atoms with van der Waals surface area (Å²) in [5, 5.41) is 6.38. The van der Waals surface area contributed by atoms with Gasteiger partial charge in [0, 0.05) is 12.6 Å². The fourth-order valence-electron chi connectivity index (χ4n) is 1.80. The van der Waals surface area contributed by atoms with Crippen LogP contribution in [0.25, 0.3) is 0 Å². The molecule has 1 aromatic rings. The molecule has 0 aromatic heterocycles. The Morgan fingerprint density at radius 2 is 2.31 bits per heavy atom. The van der Waals surface area contributed by atoms with E-state index in [2.05, 4.69) is 10.1 Å². The van der Waals surface area contributed by atoms with Crippen molar-refractivity contribution in [1.29, 1.82) is 0 Å². The van der Waals surface area contributed by atoms with Crippen molar-refractivity contribution in [2.45, 2.75) is 12.5 Å². The number of anilines is 1. The van der Waals surface area contributed by atoms with E-state index in [1.807, 2.05) is 30.5 Å². The van der Waals surface area contributed by atoms with Crippen LogP contribution in [-0.4, -0.2) is 18.9 Å². The summed E-state index contributed by atoms with van der Waals surface area (Å²) in [5.41, 5.74) is 1.09. The van der Waals surface area contributed by atoms with E-state index >= 15 is 0 Å². The first kappa shape index (κ1) is 6.95. The zero-order valence-electron chi connectivity index (χ0n) is 7.18. The number of nitrogens with zero attached hydrogens (tertiary/aromatic N) is 2. The van der Waals surface area contributed by atoms with Crippen LogP contribution >= 0.6 is 0 Å². The average Bonchev–Trinajstić information content (AvgIpc) is 2.65. The van der Waals surface area contributed by atoms with Gasteiger partial charge in [0.25, 0.3) is 0 Å². The first-order valence-electron chi connectivity index (χ1n) is 4.48. The zero-order valence-corrected chi connectivity index (χ0v) is 7.18. The average molecular weight is 174 g/mol. The number of fused-ring (bicyclic) bond motifs is 3. The van der Waals surface area contributed by atoms with Crippen LogP contribution in [0, 0.1) is 0 Å². The second-order valence-electron chi connectivity index (χ2n) is 3.31. The summed E-state index contributed by atoms with van der Waals surface area (Å²) in [5.74, 6) is 0.942. The third-order valence-corrected chi connectivity index (χ3v) is 2.47. The Balaban J connectivity index is 2.10. The molecule has 0 bridgehead atoms. The number of ether oxygens (including phenoxy) is 1. The summed E-state index contributed by atoms with van der Waals surface area (Å²) in [6.45, 7) is 0.747. The van der Waals surface area contributed by atoms with Gasteiger partial charge in [0.15, 0.2) is 0 Å². The highest BCUT2D eigenvalue weighted by molar-refractivity contribution is 5.70. The fraction of sp³-hybridized carbons (Fsp3) is 0.300. The van der Waals surface area contributed by atoms with E-state index in [1.54, 1.807) is 0 Å². The van der Waals surface area contributed by atoms with Gasteiger partial charge in [-0.2, -0.15) is 5.10 Å². The minimum Gasteiger partial charge on any atom is -0.489 e. The molecule has 3 nitrogen and oxygen atoms in total. The predicted octanol–water partition coefficient (Wildman–Crippen LogP) is 1.64. The fourth-order valence-corrected chi connectivity index (χ4v) is 1.80. The number of hydrazone groups is 1. The van der Waals surface area contributed by atoms with Crippen LogP contribution in [0.5, 0.6) is 5.75 Å². The highest BCUT2D eigenvalue weighted by Crippen LogP contribution is 2.35. The Kier molecular flexibility index (Phi) is 1.33. The third-order valence-electron chi connectivity index (χ3n) is 2.47. The lowest BCUT2D eigenvalue weighted by molar-refractivity contribution is 0.271. The molecule has 1 atom stereocenters. The maximum Gasteiger partial charge on any atom is 0.144 e. The molecule has 0 spiro atoms. The largest absolute Gasteiger partial charge is 0.489 e. The standard InChI is InChI=1S/C10H10N2O/c1-2-4-10-9(3-1)12-8(7-13-10)5-6-11-12/h1-4,6,8H,5,7H2. The molecule has 3 heteroatoms. The second kappa shape index (κ2) is 2.49. The lowest BCUT2D eigenvalue weighted by Crippen LogP contribution is -2.36. The van der Waals surface area contributed by atoms with Gasteiger partial charge < -0.3 is 4.74 Å². The Morgan fingerprint density at radius 3 is 3.31 bits per heavy atom. The van der Waals surface area contributed by atoms with Crippen molar-refractivity contribution < 1.29 is 4.74 Å². The van der Waals surface area contributed by atoms with Crippen LogP contribution in [0.3, 0.4) is 0 Å². The van der Waals surface area contributed by atoms with Gasteiger partial charge in [0.05, 0.1) is 6.04 Å².